The number of phenols is 1. The molecule has 116 valence electrons. The molecular weight excluding hydrogens is 326 g/mol. The molecule has 0 unspecified atom stereocenters. The van der Waals surface area contributed by atoms with Crippen LogP contribution in [0.1, 0.15) is 18.1 Å². The van der Waals surface area contributed by atoms with Crippen LogP contribution in [0.2, 0.25) is 0 Å². The Bertz CT molecular complexity index is 797. The van der Waals surface area contributed by atoms with Gasteiger partial charge < -0.3 is 5.11 Å². The lowest BCUT2D eigenvalue weighted by molar-refractivity contribution is -0.113. The van der Waals surface area contributed by atoms with Crippen LogP contribution >= 0.6 is 24.0 Å². The second-order valence-corrected chi connectivity index (χ2v) is 6.77. The second kappa shape index (κ2) is 6.56. The molecule has 1 aliphatic rings. The predicted molar refractivity (Wildman–Crippen MR) is 99.6 cm³/mol. The van der Waals surface area contributed by atoms with E-state index in [2.05, 4.69) is 6.92 Å². The SMILES string of the molecule is CCc1ccc(N2C(=O)C(=Cc3ccccc3O)SC2=S)cc1. The number of amides is 1. The van der Waals surface area contributed by atoms with Crippen LogP contribution in [-0.4, -0.2) is 15.3 Å². The maximum atomic E-state index is 12.7. The largest absolute Gasteiger partial charge is 0.507 e. The highest BCUT2D eigenvalue weighted by Gasteiger charge is 2.33. The topological polar surface area (TPSA) is 40.5 Å². The molecule has 0 bridgehead atoms. The molecule has 0 saturated carbocycles. The van der Waals surface area contributed by atoms with Crippen LogP contribution < -0.4 is 4.90 Å². The first-order valence-corrected chi connectivity index (χ1v) is 8.47. The summed E-state index contributed by atoms with van der Waals surface area (Å²) < 4.78 is 0.501. The van der Waals surface area contributed by atoms with Crippen LogP contribution in [0.5, 0.6) is 5.75 Å². The van der Waals surface area contributed by atoms with Crippen LogP contribution in [0.15, 0.2) is 53.4 Å². The summed E-state index contributed by atoms with van der Waals surface area (Å²) in [6, 6.07) is 14.7. The van der Waals surface area contributed by atoms with Crippen LogP contribution in [0.3, 0.4) is 0 Å². The van der Waals surface area contributed by atoms with Crippen LogP contribution in [0.25, 0.3) is 6.08 Å². The van der Waals surface area contributed by atoms with Gasteiger partial charge in [-0.15, -0.1) is 0 Å². The van der Waals surface area contributed by atoms with Gasteiger partial charge in [-0.2, -0.15) is 0 Å². The summed E-state index contributed by atoms with van der Waals surface area (Å²) in [6.45, 7) is 2.09. The van der Waals surface area contributed by atoms with Gasteiger partial charge in [-0.1, -0.05) is 61.2 Å². The Morgan fingerprint density at radius 3 is 2.52 bits per heavy atom. The third kappa shape index (κ3) is 3.16. The van der Waals surface area contributed by atoms with Crippen molar-refractivity contribution in [3.05, 3.63) is 64.6 Å². The third-order valence-corrected chi connectivity index (χ3v) is 4.92. The highest BCUT2D eigenvalue weighted by atomic mass is 32.2. The number of carbonyl (C=O) groups excluding carboxylic acids is 1. The number of rotatable bonds is 3. The van der Waals surface area contributed by atoms with Gasteiger partial charge in [0.05, 0.1) is 10.6 Å². The molecule has 0 radical (unpaired) electrons. The molecule has 0 aliphatic carbocycles. The lowest BCUT2D eigenvalue weighted by Gasteiger charge is -2.14. The van der Waals surface area contributed by atoms with Crippen molar-refractivity contribution in [2.45, 2.75) is 13.3 Å². The zero-order chi connectivity index (χ0) is 16.4. The van der Waals surface area contributed by atoms with Crippen molar-refractivity contribution in [3.63, 3.8) is 0 Å². The third-order valence-electron chi connectivity index (χ3n) is 3.62. The minimum absolute atomic E-state index is 0.144. The molecule has 1 saturated heterocycles. The summed E-state index contributed by atoms with van der Waals surface area (Å²) in [5, 5.41) is 9.85. The summed E-state index contributed by atoms with van der Waals surface area (Å²) >= 11 is 6.60. The Morgan fingerprint density at radius 2 is 1.87 bits per heavy atom. The summed E-state index contributed by atoms with van der Waals surface area (Å²) in [4.78, 5) is 14.7. The number of hydrogen-bond acceptors (Lipinski definition) is 4. The molecule has 1 heterocycles. The minimum Gasteiger partial charge on any atom is -0.507 e. The fraction of sp³-hybridized carbons (Fsp3) is 0.111. The molecule has 1 N–H and O–H groups in total. The first-order valence-electron chi connectivity index (χ1n) is 7.25. The number of anilines is 1. The van der Waals surface area contributed by atoms with E-state index in [0.717, 1.165) is 12.1 Å². The maximum Gasteiger partial charge on any atom is 0.270 e. The molecule has 2 aromatic rings. The number of carbonyl (C=O) groups is 1. The van der Waals surface area contributed by atoms with Crippen LogP contribution in [0.4, 0.5) is 5.69 Å². The van der Waals surface area contributed by atoms with Crippen LogP contribution in [-0.2, 0) is 11.2 Å². The fourth-order valence-corrected chi connectivity index (χ4v) is 3.61. The van der Waals surface area contributed by atoms with Crippen molar-refractivity contribution in [2.24, 2.45) is 0 Å². The van der Waals surface area contributed by atoms with Crippen LogP contribution in [0, 0.1) is 0 Å². The van der Waals surface area contributed by atoms with Gasteiger partial charge in [0.2, 0.25) is 0 Å². The lowest BCUT2D eigenvalue weighted by Crippen LogP contribution is -2.27. The number of para-hydroxylation sites is 1. The van der Waals surface area contributed by atoms with E-state index in [1.165, 1.54) is 22.2 Å². The van der Waals surface area contributed by atoms with E-state index in [4.69, 9.17) is 12.2 Å². The van der Waals surface area contributed by atoms with E-state index in [1.54, 1.807) is 24.3 Å². The Labute approximate surface area is 144 Å². The number of thioether (sulfide) groups is 1. The molecule has 0 atom stereocenters. The van der Waals surface area contributed by atoms with Gasteiger partial charge in [0, 0.05) is 5.56 Å². The molecule has 1 fully saturated rings. The van der Waals surface area contributed by atoms with E-state index < -0.39 is 0 Å². The first-order chi connectivity index (χ1) is 11.1. The number of hydrogen-bond donors (Lipinski definition) is 1. The quantitative estimate of drug-likeness (QED) is 0.665. The first kappa shape index (κ1) is 15.8. The average Bonchev–Trinajstić information content (AvgIpc) is 2.84. The molecule has 1 aliphatic heterocycles. The molecular formula is C18H15NO2S2. The molecule has 2 aromatic carbocycles. The normalized spacial score (nSPS) is 16.4. The number of phenolic OH excluding ortho intramolecular Hbond substituents is 1. The smallest absolute Gasteiger partial charge is 0.270 e. The average molecular weight is 341 g/mol. The number of thiocarbonyl (C=S) groups is 1. The highest BCUT2D eigenvalue weighted by Crippen LogP contribution is 2.36. The van der Waals surface area contributed by atoms with E-state index in [-0.39, 0.29) is 11.7 Å². The van der Waals surface area contributed by atoms with Crippen molar-refractivity contribution in [2.75, 3.05) is 4.90 Å². The highest BCUT2D eigenvalue weighted by molar-refractivity contribution is 8.27. The molecule has 23 heavy (non-hydrogen) atoms. The zero-order valence-corrected chi connectivity index (χ0v) is 14.2. The number of aromatic hydroxyl groups is 1. The van der Waals surface area contributed by atoms with Gasteiger partial charge in [0.15, 0.2) is 4.32 Å². The summed E-state index contributed by atoms with van der Waals surface area (Å²) in [5.41, 5.74) is 2.59. The Balaban J connectivity index is 1.92. The molecule has 3 rings (SSSR count). The molecule has 3 nitrogen and oxygen atoms in total. The Morgan fingerprint density at radius 1 is 1.17 bits per heavy atom. The van der Waals surface area contributed by atoms with Crippen molar-refractivity contribution in [1.82, 2.24) is 0 Å². The van der Waals surface area contributed by atoms with Crippen molar-refractivity contribution >= 4 is 46.0 Å². The summed E-state index contributed by atoms with van der Waals surface area (Å²) in [7, 11) is 0. The monoisotopic (exact) mass is 341 g/mol. The van der Waals surface area contributed by atoms with Gasteiger partial charge in [-0.25, -0.2) is 0 Å². The molecule has 5 heteroatoms. The fourth-order valence-electron chi connectivity index (χ4n) is 2.32. The van der Waals surface area contributed by atoms with Crippen molar-refractivity contribution in [3.8, 4) is 5.75 Å². The van der Waals surface area contributed by atoms with E-state index in [9.17, 15) is 9.90 Å². The van der Waals surface area contributed by atoms with Crippen molar-refractivity contribution in [1.29, 1.82) is 0 Å². The van der Waals surface area contributed by atoms with Crippen molar-refractivity contribution < 1.29 is 9.90 Å². The molecule has 1 amide bonds. The van der Waals surface area contributed by atoms with Gasteiger partial charge in [-0.05, 0) is 36.3 Å². The maximum absolute atomic E-state index is 12.7. The van der Waals surface area contributed by atoms with E-state index in [0.29, 0.717) is 14.8 Å². The second-order valence-electron chi connectivity index (χ2n) is 5.10. The van der Waals surface area contributed by atoms with E-state index in [1.807, 2.05) is 30.3 Å². The lowest BCUT2D eigenvalue weighted by atomic mass is 10.1. The molecule has 0 spiro atoms. The number of benzene rings is 2. The number of nitrogens with zero attached hydrogens (tertiary/aromatic N) is 1. The Hall–Kier alpha value is -2.11. The van der Waals surface area contributed by atoms with E-state index >= 15 is 0 Å². The summed E-state index contributed by atoms with van der Waals surface area (Å²) in [6.07, 6.45) is 2.63. The number of aryl methyl sites for hydroxylation is 1. The summed E-state index contributed by atoms with van der Waals surface area (Å²) in [5.74, 6) is -0.0161. The standard InChI is InChI=1S/C18H15NO2S2/c1-2-12-7-9-14(10-8-12)19-17(21)16(23-18(19)22)11-13-5-3-4-6-15(13)20/h3-11,20H,2H2,1H3. The van der Waals surface area contributed by atoms with Gasteiger partial charge in [-0.3, -0.25) is 9.69 Å². The van der Waals surface area contributed by atoms with Gasteiger partial charge in [0.25, 0.3) is 5.91 Å². The Kier molecular flexibility index (Phi) is 4.50. The zero-order valence-electron chi connectivity index (χ0n) is 12.5. The molecule has 0 aromatic heterocycles. The minimum atomic E-state index is -0.160. The predicted octanol–water partition coefficient (Wildman–Crippen LogP) is 4.36. The van der Waals surface area contributed by atoms with Gasteiger partial charge in [0.1, 0.15) is 5.75 Å². The van der Waals surface area contributed by atoms with Gasteiger partial charge >= 0.3 is 0 Å².